The predicted octanol–water partition coefficient (Wildman–Crippen LogP) is 5.52. The molecule has 0 saturated heterocycles. The number of hydrogen-bond acceptors (Lipinski definition) is 2. The summed E-state index contributed by atoms with van der Waals surface area (Å²) < 4.78 is 7.39. The molecular weight excluding hydrogens is 330 g/mol. The Balaban J connectivity index is 2.30. The second kappa shape index (κ2) is 5.58. The summed E-state index contributed by atoms with van der Waals surface area (Å²) in [6.07, 6.45) is 1.86. The summed E-state index contributed by atoms with van der Waals surface area (Å²) in [5.74, 6) is 0. The van der Waals surface area contributed by atoms with Crippen LogP contribution in [-0.2, 0) is 11.0 Å². The highest BCUT2D eigenvalue weighted by Gasteiger charge is 2.37. The lowest BCUT2D eigenvalue weighted by Crippen LogP contribution is -2.40. The van der Waals surface area contributed by atoms with E-state index >= 15 is 0 Å². The van der Waals surface area contributed by atoms with Crippen molar-refractivity contribution in [1.29, 1.82) is 0 Å². The smallest absolute Gasteiger partial charge is 0.192 e. The van der Waals surface area contributed by atoms with Gasteiger partial charge in [0.15, 0.2) is 8.32 Å². The van der Waals surface area contributed by atoms with Crippen molar-refractivity contribution in [3.8, 4) is 0 Å². The van der Waals surface area contributed by atoms with Gasteiger partial charge < -0.3 is 4.43 Å². The van der Waals surface area contributed by atoms with Gasteiger partial charge in [-0.25, -0.2) is 0 Å². The molecule has 1 aromatic carbocycles. The minimum Gasteiger partial charge on any atom is -0.411 e. The van der Waals surface area contributed by atoms with E-state index in [9.17, 15) is 0 Å². The third kappa shape index (κ3) is 3.13. The van der Waals surface area contributed by atoms with Gasteiger partial charge in [0, 0.05) is 16.1 Å². The van der Waals surface area contributed by atoms with Gasteiger partial charge >= 0.3 is 0 Å². The molecule has 20 heavy (non-hydrogen) atoms. The standard InChI is InChI=1S/C16H22BrNOSi/c1-16(2,3)20(4,5)19-11-15-13-7-6-8-14(17)12(13)9-10-18-15/h6-10H,11H2,1-5H3. The van der Waals surface area contributed by atoms with Gasteiger partial charge in [-0.15, -0.1) is 0 Å². The molecule has 0 fully saturated rings. The van der Waals surface area contributed by atoms with Crippen molar-refractivity contribution in [2.45, 2.75) is 45.5 Å². The fraction of sp³-hybridized carbons (Fsp3) is 0.438. The average Bonchev–Trinajstić information content (AvgIpc) is 2.35. The molecule has 0 aliphatic rings. The van der Waals surface area contributed by atoms with E-state index in [0.717, 1.165) is 10.2 Å². The van der Waals surface area contributed by atoms with Gasteiger partial charge in [0.1, 0.15) is 0 Å². The van der Waals surface area contributed by atoms with Crippen molar-refractivity contribution >= 4 is 35.0 Å². The molecule has 2 nitrogen and oxygen atoms in total. The monoisotopic (exact) mass is 351 g/mol. The minimum absolute atomic E-state index is 0.220. The molecular formula is C16H22BrNOSi. The molecule has 0 unspecified atom stereocenters. The quantitative estimate of drug-likeness (QED) is 0.679. The number of benzene rings is 1. The van der Waals surface area contributed by atoms with Crippen molar-refractivity contribution in [3.05, 3.63) is 40.6 Å². The minimum atomic E-state index is -1.74. The van der Waals surface area contributed by atoms with Crippen LogP contribution in [0.4, 0.5) is 0 Å². The lowest BCUT2D eigenvalue weighted by Gasteiger charge is -2.36. The first kappa shape index (κ1) is 15.7. The number of aromatic nitrogens is 1. The molecule has 0 N–H and O–H groups in total. The Labute approximate surface area is 130 Å². The molecule has 0 saturated carbocycles. The SMILES string of the molecule is CC(C)(C)[Si](C)(C)OCc1nccc2c(Br)cccc12. The Hall–Kier alpha value is -0.713. The number of fused-ring (bicyclic) bond motifs is 1. The third-order valence-electron chi connectivity index (χ3n) is 4.21. The second-order valence-corrected chi connectivity index (χ2v) is 12.3. The number of nitrogens with zero attached hydrogens (tertiary/aromatic N) is 1. The number of hydrogen-bond donors (Lipinski definition) is 0. The summed E-state index contributed by atoms with van der Waals surface area (Å²) in [4.78, 5) is 4.51. The zero-order valence-corrected chi connectivity index (χ0v) is 15.4. The van der Waals surface area contributed by atoms with E-state index < -0.39 is 8.32 Å². The largest absolute Gasteiger partial charge is 0.411 e. The normalized spacial score (nSPS) is 12.9. The Kier molecular flexibility index (Phi) is 4.37. The predicted molar refractivity (Wildman–Crippen MR) is 91.4 cm³/mol. The van der Waals surface area contributed by atoms with Crippen molar-refractivity contribution in [3.63, 3.8) is 0 Å². The first-order chi connectivity index (χ1) is 9.22. The van der Waals surface area contributed by atoms with Gasteiger partial charge in [-0.05, 0) is 35.7 Å². The number of halogens is 1. The Bertz CT molecular complexity index is 619. The molecule has 0 atom stereocenters. The fourth-order valence-corrected chi connectivity index (χ4v) is 3.24. The highest BCUT2D eigenvalue weighted by molar-refractivity contribution is 9.10. The lowest BCUT2D eigenvalue weighted by molar-refractivity contribution is 0.273. The summed E-state index contributed by atoms with van der Waals surface area (Å²) >= 11 is 3.59. The summed E-state index contributed by atoms with van der Waals surface area (Å²) in [6, 6.07) is 8.25. The molecule has 2 aromatic rings. The van der Waals surface area contributed by atoms with E-state index in [1.165, 1.54) is 10.8 Å². The molecule has 0 bridgehead atoms. The maximum Gasteiger partial charge on any atom is 0.192 e. The van der Waals surface area contributed by atoms with E-state index in [4.69, 9.17) is 4.43 Å². The van der Waals surface area contributed by atoms with Crippen LogP contribution in [0.2, 0.25) is 18.1 Å². The van der Waals surface area contributed by atoms with Gasteiger partial charge in [-0.2, -0.15) is 0 Å². The van der Waals surface area contributed by atoms with Gasteiger partial charge in [0.25, 0.3) is 0 Å². The summed E-state index contributed by atoms with van der Waals surface area (Å²) in [5.41, 5.74) is 1.02. The first-order valence-corrected chi connectivity index (χ1v) is 10.6. The number of pyridine rings is 1. The van der Waals surface area contributed by atoms with Gasteiger partial charge in [0.05, 0.1) is 12.3 Å². The van der Waals surface area contributed by atoms with Crippen LogP contribution < -0.4 is 0 Å². The van der Waals surface area contributed by atoms with Gasteiger partial charge in [-0.1, -0.05) is 48.8 Å². The topological polar surface area (TPSA) is 22.1 Å². The van der Waals surface area contributed by atoms with Crippen LogP contribution in [0.5, 0.6) is 0 Å². The Morgan fingerprint density at radius 1 is 1.15 bits per heavy atom. The van der Waals surface area contributed by atoms with Crippen LogP contribution in [0.3, 0.4) is 0 Å². The van der Waals surface area contributed by atoms with Crippen LogP contribution in [0.25, 0.3) is 10.8 Å². The van der Waals surface area contributed by atoms with Crippen LogP contribution in [0.1, 0.15) is 26.5 Å². The Morgan fingerprint density at radius 2 is 1.85 bits per heavy atom. The highest BCUT2D eigenvalue weighted by atomic mass is 79.9. The molecule has 4 heteroatoms. The summed E-state index contributed by atoms with van der Waals surface area (Å²) in [6.45, 7) is 11.9. The highest BCUT2D eigenvalue weighted by Crippen LogP contribution is 2.37. The van der Waals surface area contributed by atoms with Crippen LogP contribution in [-0.4, -0.2) is 13.3 Å². The van der Waals surface area contributed by atoms with E-state index in [1.807, 2.05) is 18.3 Å². The maximum absolute atomic E-state index is 6.29. The van der Waals surface area contributed by atoms with E-state index in [2.05, 4.69) is 66.9 Å². The van der Waals surface area contributed by atoms with Gasteiger partial charge in [-0.3, -0.25) is 4.98 Å². The second-order valence-electron chi connectivity index (χ2n) is 6.64. The van der Waals surface area contributed by atoms with E-state index in [0.29, 0.717) is 6.61 Å². The molecule has 0 aliphatic carbocycles. The Morgan fingerprint density at radius 3 is 2.50 bits per heavy atom. The molecule has 0 aliphatic heterocycles. The van der Waals surface area contributed by atoms with Crippen LogP contribution >= 0.6 is 15.9 Å². The molecule has 0 spiro atoms. The average molecular weight is 352 g/mol. The van der Waals surface area contributed by atoms with Gasteiger partial charge in [0.2, 0.25) is 0 Å². The molecule has 108 valence electrons. The van der Waals surface area contributed by atoms with Crippen LogP contribution in [0.15, 0.2) is 34.9 Å². The van der Waals surface area contributed by atoms with Crippen LogP contribution in [0, 0.1) is 0 Å². The maximum atomic E-state index is 6.29. The fourth-order valence-electron chi connectivity index (χ4n) is 1.81. The van der Waals surface area contributed by atoms with E-state index in [-0.39, 0.29) is 5.04 Å². The first-order valence-electron chi connectivity index (χ1n) is 6.88. The molecule has 1 heterocycles. The zero-order chi connectivity index (χ0) is 15.0. The summed E-state index contributed by atoms with van der Waals surface area (Å²) in [5, 5.41) is 2.58. The summed E-state index contributed by atoms with van der Waals surface area (Å²) in [7, 11) is -1.74. The molecule has 0 amide bonds. The molecule has 0 radical (unpaired) electrons. The third-order valence-corrected chi connectivity index (χ3v) is 9.38. The van der Waals surface area contributed by atoms with Crippen molar-refractivity contribution in [1.82, 2.24) is 4.98 Å². The lowest BCUT2D eigenvalue weighted by atomic mass is 10.1. The van der Waals surface area contributed by atoms with E-state index in [1.54, 1.807) is 0 Å². The van der Waals surface area contributed by atoms with Crippen molar-refractivity contribution < 1.29 is 4.43 Å². The molecule has 1 aromatic heterocycles. The number of rotatable bonds is 3. The molecule has 2 rings (SSSR count). The zero-order valence-electron chi connectivity index (χ0n) is 12.8. The van der Waals surface area contributed by atoms with Crippen molar-refractivity contribution in [2.75, 3.05) is 0 Å². The van der Waals surface area contributed by atoms with Crippen molar-refractivity contribution in [2.24, 2.45) is 0 Å².